The standard InChI is InChI=1S/C30H29N3O4S/c1-2-35-21-12-9-19(10-13-21)28-24-7-5-15-32(24)29-23(22-6-3-4-8-27(22)38-29)17-33(28)30(34)31-20-11-14-25-26(16-20)37-18-36-25/h5,7,9-16,28H,2-4,6,8,17-18H2,1H3,(H,31,34)/t28-/m1/s1. The second kappa shape index (κ2) is 9.44. The molecule has 7 rings (SSSR count). The lowest BCUT2D eigenvalue weighted by molar-refractivity contribution is 0.174. The van der Waals surface area contributed by atoms with Crippen molar-refractivity contribution in [1.29, 1.82) is 0 Å². The zero-order valence-electron chi connectivity index (χ0n) is 21.2. The lowest BCUT2D eigenvalue weighted by atomic mass is 9.95. The number of rotatable bonds is 4. The Labute approximate surface area is 225 Å². The van der Waals surface area contributed by atoms with Gasteiger partial charge in [0.25, 0.3) is 0 Å². The van der Waals surface area contributed by atoms with E-state index in [1.54, 1.807) is 0 Å². The number of thiophene rings is 1. The van der Waals surface area contributed by atoms with Gasteiger partial charge in [-0.2, -0.15) is 0 Å². The zero-order valence-corrected chi connectivity index (χ0v) is 22.1. The van der Waals surface area contributed by atoms with Crippen molar-refractivity contribution in [1.82, 2.24) is 9.47 Å². The molecule has 8 heteroatoms. The molecule has 0 spiro atoms. The topological polar surface area (TPSA) is 65.0 Å². The van der Waals surface area contributed by atoms with Crippen molar-refractivity contribution < 1.29 is 19.0 Å². The van der Waals surface area contributed by atoms with Gasteiger partial charge in [0, 0.05) is 28.4 Å². The molecule has 1 atom stereocenters. The number of hydrogen-bond acceptors (Lipinski definition) is 5. The molecule has 1 N–H and O–H groups in total. The summed E-state index contributed by atoms with van der Waals surface area (Å²) in [6, 6.07) is 17.4. The summed E-state index contributed by atoms with van der Waals surface area (Å²) in [6.45, 7) is 3.33. The molecule has 38 heavy (non-hydrogen) atoms. The summed E-state index contributed by atoms with van der Waals surface area (Å²) in [5.74, 6) is 2.16. The van der Waals surface area contributed by atoms with Gasteiger partial charge < -0.3 is 29.0 Å². The number of fused-ring (bicyclic) bond motifs is 6. The molecular weight excluding hydrogens is 498 g/mol. The number of ether oxygens (including phenoxy) is 3. The monoisotopic (exact) mass is 527 g/mol. The largest absolute Gasteiger partial charge is 0.494 e. The van der Waals surface area contributed by atoms with Crippen LogP contribution in [0.25, 0.3) is 5.00 Å². The molecule has 2 aliphatic heterocycles. The Kier molecular flexibility index (Phi) is 5.77. The van der Waals surface area contributed by atoms with Gasteiger partial charge in [-0.1, -0.05) is 12.1 Å². The predicted molar refractivity (Wildman–Crippen MR) is 147 cm³/mol. The number of urea groups is 1. The minimum absolute atomic E-state index is 0.154. The van der Waals surface area contributed by atoms with Gasteiger partial charge in [0.1, 0.15) is 10.8 Å². The van der Waals surface area contributed by atoms with Crippen molar-refractivity contribution >= 4 is 23.1 Å². The summed E-state index contributed by atoms with van der Waals surface area (Å²) in [4.78, 5) is 17.6. The Morgan fingerprint density at radius 3 is 2.76 bits per heavy atom. The van der Waals surface area contributed by atoms with Crippen molar-refractivity contribution in [2.45, 2.75) is 45.2 Å². The van der Waals surface area contributed by atoms with Crippen LogP contribution in [-0.2, 0) is 19.4 Å². The molecule has 7 nitrogen and oxygen atoms in total. The number of hydrogen-bond donors (Lipinski definition) is 1. The summed E-state index contributed by atoms with van der Waals surface area (Å²) in [5, 5.41) is 4.39. The maximum Gasteiger partial charge on any atom is 0.322 e. The van der Waals surface area contributed by atoms with Crippen LogP contribution in [0.4, 0.5) is 10.5 Å². The van der Waals surface area contributed by atoms with Gasteiger partial charge in [-0.15, -0.1) is 11.3 Å². The smallest absolute Gasteiger partial charge is 0.322 e. The van der Waals surface area contributed by atoms with Crippen LogP contribution in [0.2, 0.25) is 0 Å². The molecule has 3 aliphatic rings. The SMILES string of the molecule is CCOc1ccc([C@@H]2c3cccn3-c3sc4c(c3CN2C(=O)Nc2ccc3c(c2)OCO3)CCCC4)cc1. The molecule has 194 valence electrons. The van der Waals surface area contributed by atoms with Crippen LogP contribution in [0.3, 0.4) is 0 Å². The first-order valence-electron chi connectivity index (χ1n) is 13.2. The summed E-state index contributed by atoms with van der Waals surface area (Å²) >= 11 is 1.89. The average molecular weight is 528 g/mol. The first kappa shape index (κ1) is 23.2. The first-order chi connectivity index (χ1) is 18.7. The molecule has 0 saturated carbocycles. The Morgan fingerprint density at radius 1 is 1.05 bits per heavy atom. The molecule has 4 heterocycles. The van der Waals surface area contributed by atoms with Crippen LogP contribution < -0.4 is 19.5 Å². The second-order valence-electron chi connectivity index (χ2n) is 9.83. The molecule has 2 aromatic carbocycles. The number of carbonyl (C=O) groups excluding carboxylic acids is 1. The predicted octanol–water partition coefficient (Wildman–Crippen LogP) is 6.68. The molecular formula is C30H29N3O4S. The van der Waals surface area contributed by atoms with E-state index in [1.165, 1.54) is 33.8 Å². The van der Waals surface area contributed by atoms with Gasteiger partial charge in [0.05, 0.1) is 24.9 Å². The third-order valence-corrected chi connectivity index (χ3v) is 8.90. The van der Waals surface area contributed by atoms with Gasteiger partial charge >= 0.3 is 6.03 Å². The van der Waals surface area contributed by atoms with Gasteiger partial charge in [-0.3, -0.25) is 0 Å². The number of carbonyl (C=O) groups is 1. The molecule has 0 saturated heterocycles. The van der Waals surface area contributed by atoms with E-state index in [0.29, 0.717) is 30.3 Å². The Bertz CT molecular complexity index is 1510. The normalized spacial score (nSPS) is 17.3. The van der Waals surface area contributed by atoms with Crippen molar-refractivity contribution in [3.8, 4) is 22.2 Å². The van der Waals surface area contributed by atoms with Crippen molar-refractivity contribution in [3.05, 3.63) is 88.1 Å². The third kappa shape index (κ3) is 3.91. The molecule has 0 unspecified atom stereocenters. The molecule has 0 bridgehead atoms. The Morgan fingerprint density at radius 2 is 1.89 bits per heavy atom. The summed E-state index contributed by atoms with van der Waals surface area (Å²) in [6.07, 6.45) is 6.75. The molecule has 0 radical (unpaired) electrons. The van der Waals surface area contributed by atoms with E-state index >= 15 is 0 Å². The van der Waals surface area contributed by atoms with Gasteiger partial charge in [0.15, 0.2) is 11.5 Å². The lowest BCUT2D eigenvalue weighted by Crippen LogP contribution is -2.38. The number of benzene rings is 2. The molecule has 1 aliphatic carbocycles. The van der Waals surface area contributed by atoms with E-state index in [1.807, 2.05) is 53.5 Å². The molecule has 0 fully saturated rings. The lowest BCUT2D eigenvalue weighted by Gasteiger charge is -2.31. The maximum absolute atomic E-state index is 14.1. The number of nitrogens with zero attached hydrogens (tertiary/aromatic N) is 2. The van der Waals surface area contributed by atoms with E-state index in [-0.39, 0.29) is 18.9 Å². The fourth-order valence-corrected chi connectivity index (χ4v) is 7.22. The van der Waals surface area contributed by atoms with Crippen LogP contribution in [0, 0.1) is 0 Å². The first-order valence-corrected chi connectivity index (χ1v) is 14.0. The highest BCUT2D eigenvalue weighted by molar-refractivity contribution is 7.15. The Hall–Kier alpha value is -3.91. The van der Waals surface area contributed by atoms with Crippen LogP contribution in [0.15, 0.2) is 60.8 Å². The van der Waals surface area contributed by atoms with E-state index in [2.05, 4.69) is 40.3 Å². The van der Waals surface area contributed by atoms with E-state index in [4.69, 9.17) is 14.2 Å². The highest BCUT2D eigenvalue weighted by Crippen LogP contribution is 2.44. The minimum atomic E-state index is -0.270. The Balaban J connectivity index is 1.32. The number of aryl methyl sites for hydroxylation is 1. The second-order valence-corrected chi connectivity index (χ2v) is 10.9. The zero-order chi connectivity index (χ0) is 25.6. The minimum Gasteiger partial charge on any atom is -0.494 e. The van der Waals surface area contributed by atoms with Gasteiger partial charge in [-0.05, 0) is 80.1 Å². The number of anilines is 1. The number of nitrogens with one attached hydrogen (secondary N) is 1. The van der Waals surface area contributed by atoms with E-state index in [0.717, 1.165) is 29.8 Å². The third-order valence-electron chi connectivity index (χ3n) is 7.57. The van der Waals surface area contributed by atoms with E-state index < -0.39 is 0 Å². The quantitative estimate of drug-likeness (QED) is 0.321. The molecule has 2 amide bonds. The van der Waals surface area contributed by atoms with Crippen molar-refractivity contribution in [3.63, 3.8) is 0 Å². The fraction of sp³-hybridized carbons (Fsp3) is 0.300. The summed E-state index contributed by atoms with van der Waals surface area (Å²) in [7, 11) is 0. The average Bonchev–Trinajstić information content (AvgIpc) is 3.66. The van der Waals surface area contributed by atoms with Crippen molar-refractivity contribution in [2.75, 3.05) is 18.7 Å². The highest BCUT2D eigenvalue weighted by Gasteiger charge is 2.36. The number of aromatic nitrogens is 1. The van der Waals surface area contributed by atoms with Crippen LogP contribution >= 0.6 is 11.3 Å². The van der Waals surface area contributed by atoms with E-state index in [9.17, 15) is 4.79 Å². The fourth-order valence-electron chi connectivity index (χ4n) is 5.82. The van der Waals surface area contributed by atoms with Crippen LogP contribution in [0.5, 0.6) is 17.2 Å². The molecule has 4 aromatic rings. The highest BCUT2D eigenvalue weighted by atomic mass is 32.1. The van der Waals surface area contributed by atoms with Gasteiger partial charge in [0.2, 0.25) is 6.79 Å². The van der Waals surface area contributed by atoms with Crippen LogP contribution in [-0.4, -0.2) is 28.9 Å². The summed E-state index contributed by atoms with van der Waals surface area (Å²) in [5.41, 5.74) is 5.50. The maximum atomic E-state index is 14.1. The van der Waals surface area contributed by atoms with Crippen LogP contribution in [0.1, 0.15) is 53.1 Å². The van der Waals surface area contributed by atoms with Gasteiger partial charge in [-0.25, -0.2) is 4.79 Å². The van der Waals surface area contributed by atoms with Crippen molar-refractivity contribution in [2.24, 2.45) is 0 Å². The molecule has 2 aromatic heterocycles. The number of amides is 2. The summed E-state index contributed by atoms with van der Waals surface area (Å²) < 4.78 is 19.0.